The van der Waals surface area contributed by atoms with Gasteiger partial charge in [0.2, 0.25) is 10.0 Å². The average molecular weight is 457 g/mol. The Kier molecular flexibility index (Phi) is 5.39. The average Bonchev–Trinajstić information content (AvgIpc) is 3.20. The summed E-state index contributed by atoms with van der Waals surface area (Å²) in [6.07, 6.45) is 0.559. The van der Waals surface area contributed by atoms with Crippen molar-refractivity contribution in [3.05, 3.63) is 41.5 Å². The number of hydrogen-bond acceptors (Lipinski definition) is 6. The smallest absolute Gasteiger partial charge is 0.243 e. The van der Waals surface area contributed by atoms with Crippen molar-refractivity contribution >= 4 is 25.5 Å². The van der Waals surface area contributed by atoms with Crippen LogP contribution in [0.3, 0.4) is 0 Å². The van der Waals surface area contributed by atoms with Crippen molar-refractivity contribution in [3.8, 4) is 0 Å². The first-order valence-corrected chi connectivity index (χ1v) is 13.1. The number of benzene rings is 1. The standard InChI is InChI=1S/C19H25FN4O4S2/c1-14-19(15(2)24(21-14)17-6-11-29(25,26)13-17)22-7-9-23(10-8-22)30(27,28)18-5-3-4-16(20)12-18/h3-5,12,17H,6-11,13H2,1-2H3. The van der Waals surface area contributed by atoms with E-state index in [0.29, 0.717) is 19.5 Å². The van der Waals surface area contributed by atoms with Gasteiger partial charge in [-0.3, -0.25) is 4.68 Å². The molecule has 3 heterocycles. The Bertz CT molecular complexity index is 1170. The summed E-state index contributed by atoms with van der Waals surface area (Å²) < 4.78 is 66.0. The van der Waals surface area contributed by atoms with Gasteiger partial charge in [0.05, 0.1) is 39.5 Å². The van der Waals surface area contributed by atoms with Crippen LogP contribution in [0, 0.1) is 19.7 Å². The predicted molar refractivity (Wildman–Crippen MR) is 111 cm³/mol. The maximum Gasteiger partial charge on any atom is 0.243 e. The highest BCUT2D eigenvalue weighted by atomic mass is 32.2. The van der Waals surface area contributed by atoms with Crippen LogP contribution in [0.25, 0.3) is 0 Å². The Balaban J connectivity index is 1.51. The highest BCUT2D eigenvalue weighted by Crippen LogP contribution is 2.32. The van der Waals surface area contributed by atoms with Crippen LogP contribution in [-0.4, -0.2) is 68.6 Å². The van der Waals surface area contributed by atoms with Gasteiger partial charge in [0.15, 0.2) is 9.84 Å². The molecule has 1 aromatic heterocycles. The molecule has 1 atom stereocenters. The Labute approximate surface area is 176 Å². The van der Waals surface area contributed by atoms with E-state index in [1.807, 2.05) is 18.5 Å². The quantitative estimate of drug-likeness (QED) is 0.693. The van der Waals surface area contributed by atoms with Gasteiger partial charge in [-0.25, -0.2) is 21.2 Å². The van der Waals surface area contributed by atoms with E-state index >= 15 is 0 Å². The molecular weight excluding hydrogens is 431 g/mol. The third kappa shape index (κ3) is 3.85. The van der Waals surface area contributed by atoms with Gasteiger partial charge in [0, 0.05) is 26.2 Å². The summed E-state index contributed by atoms with van der Waals surface area (Å²) >= 11 is 0. The number of nitrogens with zero attached hydrogens (tertiary/aromatic N) is 4. The van der Waals surface area contributed by atoms with Crippen LogP contribution in [0.1, 0.15) is 23.9 Å². The highest BCUT2D eigenvalue weighted by molar-refractivity contribution is 7.91. The first kappa shape index (κ1) is 21.3. The third-order valence-electron chi connectivity index (χ3n) is 5.83. The van der Waals surface area contributed by atoms with Gasteiger partial charge >= 0.3 is 0 Å². The molecule has 0 aliphatic carbocycles. The molecule has 8 nitrogen and oxygen atoms in total. The number of piperazine rings is 1. The topological polar surface area (TPSA) is 92.6 Å². The van der Waals surface area contributed by atoms with Crippen molar-refractivity contribution in [1.29, 1.82) is 0 Å². The van der Waals surface area contributed by atoms with Gasteiger partial charge in [0.1, 0.15) is 5.82 Å². The fourth-order valence-electron chi connectivity index (χ4n) is 4.36. The fraction of sp³-hybridized carbons (Fsp3) is 0.526. The van der Waals surface area contributed by atoms with Crippen LogP contribution >= 0.6 is 0 Å². The molecule has 0 N–H and O–H groups in total. The minimum atomic E-state index is -3.75. The molecule has 0 bridgehead atoms. The lowest BCUT2D eigenvalue weighted by Crippen LogP contribution is -2.49. The molecule has 0 amide bonds. The zero-order chi connectivity index (χ0) is 21.7. The molecule has 2 aliphatic heterocycles. The fourth-order valence-corrected chi connectivity index (χ4v) is 7.51. The Morgan fingerprint density at radius 3 is 2.43 bits per heavy atom. The summed E-state index contributed by atoms with van der Waals surface area (Å²) in [5.74, 6) is -0.293. The van der Waals surface area contributed by atoms with Crippen LogP contribution in [-0.2, 0) is 19.9 Å². The van der Waals surface area contributed by atoms with E-state index in [1.54, 1.807) is 0 Å². The Morgan fingerprint density at radius 2 is 1.83 bits per heavy atom. The molecule has 2 fully saturated rings. The summed E-state index contributed by atoms with van der Waals surface area (Å²) in [5, 5.41) is 4.60. The number of anilines is 1. The Hall–Kier alpha value is -1.98. The number of rotatable bonds is 4. The molecule has 11 heteroatoms. The summed E-state index contributed by atoms with van der Waals surface area (Å²) in [6, 6.07) is 4.89. The van der Waals surface area contributed by atoms with Gasteiger partial charge in [-0.2, -0.15) is 9.40 Å². The van der Waals surface area contributed by atoms with E-state index in [1.165, 1.54) is 22.5 Å². The molecule has 1 aromatic carbocycles. The van der Waals surface area contributed by atoms with Crippen molar-refractivity contribution in [2.45, 2.75) is 31.2 Å². The minimum Gasteiger partial charge on any atom is -0.366 e. The van der Waals surface area contributed by atoms with Crippen LogP contribution in [0.5, 0.6) is 0 Å². The number of sulfonamides is 1. The highest BCUT2D eigenvalue weighted by Gasteiger charge is 2.34. The largest absolute Gasteiger partial charge is 0.366 e. The van der Waals surface area contributed by atoms with Gasteiger partial charge in [-0.15, -0.1) is 0 Å². The van der Waals surface area contributed by atoms with Crippen molar-refractivity contribution in [2.24, 2.45) is 0 Å². The SMILES string of the molecule is Cc1nn(C2CCS(=O)(=O)C2)c(C)c1N1CCN(S(=O)(=O)c2cccc(F)c2)CC1. The molecule has 30 heavy (non-hydrogen) atoms. The molecule has 0 spiro atoms. The van der Waals surface area contributed by atoms with Gasteiger partial charge < -0.3 is 4.90 Å². The number of aryl methyl sites for hydroxylation is 1. The molecule has 0 radical (unpaired) electrons. The van der Waals surface area contributed by atoms with Gasteiger partial charge in [0.25, 0.3) is 0 Å². The van der Waals surface area contributed by atoms with E-state index in [4.69, 9.17) is 0 Å². The van der Waals surface area contributed by atoms with Crippen LogP contribution in [0.4, 0.5) is 10.1 Å². The summed E-state index contributed by atoms with van der Waals surface area (Å²) in [5.41, 5.74) is 2.64. The van der Waals surface area contributed by atoms with Crippen molar-refractivity contribution in [3.63, 3.8) is 0 Å². The number of hydrogen-bond donors (Lipinski definition) is 0. The lowest BCUT2D eigenvalue weighted by molar-refractivity contribution is 0.384. The molecule has 2 saturated heterocycles. The van der Waals surface area contributed by atoms with E-state index in [0.717, 1.165) is 23.1 Å². The van der Waals surface area contributed by atoms with Crippen molar-refractivity contribution in [1.82, 2.24) is 14.1 Å². The van der Waals surface area contributed by atoms with E-state index in [9.17, 15) is 21.2 Å². The minimum absolute atomic E-state index is 0.0430. The molecule has 164 valence electrons. The third-order valence-corrected chi connectivity index (χ3v) is 9.47. The molecule has 0 saturated carbocycles. The molecule has 4 rings (SSSR count). The van der Waals surface area contributed by atoms with Crippen LogP contribution in [0.15, 0.2) is 29.2 Å². The second-order valence-electron chi connectivity index (χ2n) is 7.87. The second kappa shape index (κ2) is 7.61. The van der Waals surface area contributed by atoms with Gasteiger partial charge in [-0.1, -0.05) is 6.07 Å². The summed E-state index contributed by atoms with van der Waals surface area (Å²) in [6.45, 7) is 5.32. The monoisotopic (exact) mass is 456 g/mol. The van der Waals surface area contributed by atoms with E-state index < -0.39 is 25.7 Å². The zero-order valence-corrected chi connectivity index (χ0v) is 18.6. The number of halogens is 1. The van der Waals surface area contributed by atoms with E-state index in [-0.39, 0.29) is 35.5 Å². The molecular formula is C19H25FN4O4S2. The lowest BCUT2D eigenvalue weighted by atomic mass is 10.2. The lowest BCUT2D eigenvalue weighted by Gasteiger charge is -2.35. The maximum absolute atomic E-state index is 13.5. The van der Waals surface area contributed by atoms with Crippen LogP contribution < -0.4 is 4.90 Å². The normalized spacial score (nSPS) is 22.5. The summed E-state index contributed by atoms with van der Waals surface area (Å²) in [4.78, 5) is 2.05. The summed E-state index contributed by atoms with van der Waals surface area (Å²) in [7, 11) is -6.77. The van der Waals surface area contributed by atoms with Crippen molar-refractivity contribution < 1.29 is 21.2 Å². The van der Waals surface area contributed by atoms with E-state index in [2.05, 4.69) is 10.00 Å². The maximum atomic E-state index is 13.5. The Morgan fingerprint density at radius 1 is 1.13 bits per heavy atom. The molecule has 2 aliphatic rings. The van der Waals surface area contributed by atoms with Crippen LogP contribution in [0.2, 0.25) is 0 Å². The number of sulfone groups is 1. The zero-order valence-electron chi connectivity index (χ0n) is 17.0. The number of aromatic nitrogens is 2. The molecule has 1 unspecified atom stereocenters. The molecule has 2 aromatic rings. The first-order chi connectivity index (χ1) is 14.1. The van der Waals surface area contributed by atoms with Gasteiger partial charge in [-0.05, 0) is 38.5 Å². The van der Waals surface area contributed by atoms with Crippen molar-refractivity contribution in [2.75, 3.05) is 42.6 Å². The first-order valence-electron chi connectivity index (χ1n) is 9.85. The predicted octanol–water partition coefficient (Wildman–Crippen LogP) is 1.51. The second-order valence-corrected chi connectivity index (χ2v) is 12.0.